The van der Waals surface area contributed by atoms with Crippen LogP contribution in [0.4, 0.5) is 0 Å². The molecule has 1 atom stereocenters. The number of aryl methyl sites for hydroxylation is 1. The molecule has 1 saturated heterocycles. The summed E-state index contributed by atoms with van der Waals surface area (Å²) in [4.78, 5) is 23.3. The third kappa shape index (κ3) is 3.30. The minimum atomic E-state index is -0.0120. The fourth-order valence-electron chi connectivity index (χ4n) is 3.33. The summed E-state index contributed by atoms with van der Waals surface area (Å²) in [6.45, 7) is 3.74. The lowest BCUT2D eigenvalue weighted by Gasteiger charge is -2.33. The number of ether oxygens (including phenoxy) is 1. The highest BCUT2D eigenvalue weighted by atomic mass is 16.5. The van der Waals surface area contributed by atoms with E-state index in [2.05, 4.69) is 15.1 Å². The van der Waals surface area contributed by atoms with Gasteiger partial charge in [0.05, 0.1) is 30.2 Å². The molecule has 7 heteroatoms. The van der Waals surface area contributed by atoms with Crippen molar-refractivity contribution in [2.45, 2.75) is 32.5 Å². The third-order valence-corrected chi connectivity index (χ3v) is 4.76. The third-order valence-electron chi connectivity index (χ3n) is 4.76. The molecule has 1 fully saturated rings. The molecule has 0 bridgehead atoms. The van der Waals surface area contributed by atoms with Crippen LogP contribution in [0.25, 0.3) is 5.65 Å². The predicted molar refractivity (Wildman–Crippen MR) is 95.7 cm³/mol. The zero-order valence-electron chi connectivity index (χ0n) is 14.7. The first-order valence-electron chi connectivity index (χ1n) is 8.81. The molecule has 3 aromatic heterocycles. The van der Waals surface area contributed by atoms with Gasteiger partial charge in [0.2, 0.25) is 0 Å². The zero-order valence-corrected chi connectivity index (χ0v) is 14.7. The molecule has 4 rings (SSSR count). The minimum Gasteiger partial charge on any atom is -0.372 e. The molecule has 134 valence electrons. The van der Waals surface area contributed by atoms with Gasteiger partial charge >= 0.3 is 0 Å². The second-order valence-corrected chi connectivity index (χ2v) is 6.55. The maximum Gasteiger partial charge on any atom is 0.257 e. The average molecular weight is 351 g/mol. The van der Waals surface area contributed by atoms with Crippen molar-refractivity contribution in [2.75, 3.05) is 13.1 Å². The van der Waals surface area contributed by atoms with Gasteiger partial charge in [-0.1, -0.05) is 6.07 Å². The molecule has 0 aliphatic carbocycles. The molecule has 26 heavy (non-hydrogen) atoms. The lowest BCUT2D eigenvalue weighted by Crippen LogP contribution is -2.43. The van der Waals surface area contributed by atoms with Crippen molar-refractivity contribution in [3.8, 4) is 0 Å². The number of piperidine rings is 1. The van der Waals surface area contributed by atoms with Crippen LogP contribution in [0.3, 0.4) is 0 Å². The summed E-state index contributed by atoms with van der Waals surface area (Å²) in [5, 5.41) is 4.24. The molecule has 0 saturated carbocycles. The van der Waals surface area contributed by atoms with E-state index >= 15 is 0 Å². The van der Waals surface area contributed by atoms with Gasteiger partial charge in [-0.2, -0.15) is 5.10 Å². The summed E-state index contributed by atoms with van der Waals surface area (Å²) in [5.74, 6) is -0.0120. The molecule has 1 aliphatic heterocycles. The molecule has 1 amide bonds. The van der Waals surface area contributed by atoms with Crippen molar-refractivity contribution in [3.05, 3.63) is 59.8 Å². The van der Waals surface area contributed by atoms with Gasteiger partial charge in [0.1, 0.15) is 0 Å². The van der Waals surface area contributed by atoms with E-state index in [0.29, 0.717) is 18.7 Å². The van der Waals surface area contributed by atoms with Gasteiger partial charge in [-0.15, -0.1) is 0 Å². The number of fused-ring (bicyclic) bond motifs is 1. The van der Waals surface area contributed by atoms with Crippen molar-refractivity contribution in [1.82, 2.24) is 24.5 Å². The number of rotatable bonds is 4. The van der Waals surface area contributed by atoms with Crippen LogP contribution in [0.2, 0.25) is 0 Å². The molecular formula is C19H21N5O2. The van der Waals surface area contributed by atoms with E-state index in [9.17, 15) is 4.79 Å². The van der Waals surface area contributed by atoms with E-state index in [1.165, 1.54) is 0 Å². The fraction of sp³-hybridized carbons (Fsp3) is 0.368. The first kappa shape index (κ1) is 16.7. The Labute approximate surface area is 151 Å². The van der Waals surface area contributed by atoms with Gasteiger partial charge in [-0.3, -0.25) is 9.78 Å². The lowest BCUT2D eigenvalue weighted by atomic mass is 10.1. The Balaban J connectivity index is 1.44. The van der Waals surface area contributed by atoms with Crippen LogP contribution in [-0.4, -0.2) is 49.6 Å². The normalized spacial score (nSPS) is 17.6. The highest BCUT2D eigenvalue weighted by Gasteiger charge is 2.26. The molecule has 1 aliphatic rings. The van der Waals surface area contributed by atoms with E-state index in [1.807, 2.05) is 30.0 Å². The van der Waals surface area contributed by atoms with Crippen LogP contribution in [0, 0.1) is 6.92 Å². The maximum absolute atomic E-state index is 13.0. The summed E-state index contributed by atoms with van der Waals surface area (Å²) in [6, 6.07) is 5.72. The van der Waals surface area contributed by atoms with Crippen LogP contribution in [-0.2, 0) is 11.3 Å². The molecule has 0 radical (unpaired) electrons. The number of nitrogens with zero attached hydrogens (tertiary/aromatic N) is 5. The quantitative estimate of drug-likeness (QED) is 0.721. The fourth-order valence-corrected chi connectivity index (χ4v) is 3.33. The molecule has 3 aromatic rings. The monoisotopic (exact) mass is 351 g/mol. The predicted octanol–water partition coefficient (Wildman–Crippen LogP) is 2.25. The molecule has 4 heterocycles. The van der Waals surface area contributed by atoms with E-state index in [0.717, 1.165) is 36.3 Å². The summed E-state index contributed by atoms with van der Waals surface area (Å²) in [6.07, 6.45) is 8.81. The van der Waals surface area contributed by atoms with Crippen LogP contribution >= 0.6 is 0 Å². The Bertz CT molecular complexity index is 909. The van der Waals surface area contributed by atoms with Crippen molar-refractivity contribution < 1.29 is 9.53 Å². The SMILES string of the molecule is Cc1c(C(=O)N2CCCC(OCc3cccnc3)C2)cnc2ccnn12. The van der Waals surface area contributed by atoms with Crippen LogP contribution < -0.4 is 0 Å². The number of carbonyl (C=O) groups excluding carboxylic acids is 1. The van der Waals surface area contributed by atoms with Crippen LogP contribution in [0.5, 0.6) is 0 Å². The van der Waals surface area contributed by atoms with E-state index < -0.39 is 0 Å². The first-order valence-corrected chi connectivity index (χ1v) is 8.81. The molecule has 0 aromatic carbocycles. The van der Waals surface area contributed by atoms with Crippen LogP contribution in [0.1, 0.15) is 34.5 Å². The lowest BCUT2D eigenvalue weighted by molar-refractivity contribution is -0.00686. The number of amides is 1. The summed E-state index contributed by atoms with van der Waals surface area (Å²) in [7, 11) is 0. The van der Waals surface area contributed by atoms with Crippen LogP contribution in [0.15, 0.2) is 43.0 Å². The summed E-state index contributed by atoms with van der Waals surface area (Å²) >= 11 is 0. The van der Waals surface area contributed by atoms with Gasteiger partial charge in [0, 0.05) is 37.7 Å². The largest absolute Gasteiger partial charge is 0.372 e. The van der Waals surface area contributed by atoms with E-state index in [1.54, 1.807) is 29.3 Å². The minimum absolute atomic E-state index is 0.0120. The smallest absolute Gasteiger partial charge is 0.257 e. The number of hydrogen-bond acceptors (Lipinski definition) is 5. The average Bonchev–Trinajstić information content (AvgIpc) is 3.17. The Hall–Kier alpha value is -2.80. The number of likely N-dealkylation sites (tertiary alicyclic amines) is 1. The standard InChI is InChI=1S/C19H21N5O2/c1-14-17(11-21-18-6-8-22-24(14)18)19(25)23-9-3-5-16(12-23)26-13-15-4-2-7-20-10-15/h2,4,6-8,10-11,16H,3,5,9,12-13H2,1H3. The topological polar surface area (TPSA) is 72.6 Å². The molecule has 1 unspecified atom stereocenters. The second-order valence-electron chi connectivity index (χ2n) is 6.55. The number of pyridine rings is 1. The van der Waals surface area contributed by atoms with Crippen molar-refractivity contribution in [2.24, 2.45) is 0 Å². The maximum atomic E-state index is 13.0. The second kappa shape index (κ2) is 7.21. The van der Waals surface area contributed by atoms with E-state index in [-0.39, 0.29) is 12.0 Å². The van der Waals surface area contributed by atoms with Gasteiger partial charge in [0.25, 0.3) is 5.91 Å². The Morgan fingerprint density at radius 3 is 3.08 bits per heavy atom. The highest BCUT2D eigenvalue weighted by molar-refractivity contribution is 5.95. The summed E-state index contributed by atoms with van der Waals surface area (Å²) in [5.41, 5.74) is 3.19. The van der Waals surface area contributed by atoms with Crippen molar-refractivity contribution >= 4 is 11.6 Å². The van der Waals surface area contributed by atoms with Crippen molar-refractivity contribution in [1.29, 1.82) is 0 Å². The molecule has 0 spiro atoms. The number of aromatic nitrogens is 4. The Morgan fingerprint density at radius 2 is 2.23 bits per heavy atom. The zero-order chi connectivity index (χ0) is 17.9. The Morgan fingerprint density at radius 1 is 1.31 bits per heavy atom. The number of hydrogen-bond donors (Lipinski definition) is 0. The van der Waals surface area contributed by atoms with E-state index in [4.69, 9.17) is 4.74 Å². The van der Waals surface area contributed by atoms with Gasteiger partial charge in [0.15, 0.2) is 5.65 Å². The molecule has 7 nitrogen and oxygen atoms in total. The van der Waals surface area contributed by atoms with Crippen molar-refractivity contribution in [3.63, 3.8) is 0 Å². The van der Waals surface area contributed by atoms with Gasteiger partial charge < -0.3 is 9.64 Å². The Kier molecular flexibility index (Phi) is 4.62. The first-order chi connectivity index (χ1) is 12.7. The number of carbonyl (C=O) groups is 1. The summed E-state index contributed by atoms with van der Waals surface area (Å²) < 4.78 is 7.71. The molecular weight excluding hydrogens is 330 g/mol. The molecule has 0 N–H and O–H groups in total. The van der Waals surface area contributed by atoms with Gasteiger partial charge in [-0.05, 0) is 31.4 Å². The van der Waals surface area contributed by atoms with Gasteiger partial charge in [-0.25, -0.2) is 9.50 Å². The highest BCUT2D eigenvalue weighted by Crippen LogP contribution is 2.19.